The van der Waals surface area contributed by atoms with Crippen LogP contribution in [-0.4, -0.2) is 97.0 Å². The van der Waals surface area contributed by atoms with Crippen LogP contribution in [0.3, 0.4) is 0 Å². The lowest BCUT2D eigenvalue weighted by Gasteiger charge is -2.52. The Labute approximate surface area is 140 Å². The molecule has 0 saturated carbocycles. The van der Waals surface area contributed by atoms with Crippen LogP contribution in [0.4, 0.5) is 0 Å². The summed E-state index contributed by atoms with van der Waals surface area (Å²) in [5.41, 5.74) is 0.278. The third-order valence-electron chi connectivity index (χ3n) is 6.21. The lowest BCUT2D eigenvalue weighted by molar-refractivity contribution is -0.139. The van der Waals surface area contributed by atoms with Crippen molar-refractivity contribution in [3.05, 3.63) is 12.7 Å². The smallest absolute Gasteiger partial charge is 0.239 e. The predicted molar refractivity (Wildman–Crippen MR) is 93.5 cm³/mol. The van der Waals surface area contributed by atoms with E-state index in [2.05, 4.69) is 40.3 Å². The number of likely N-dealkylation sites (N-methyl/N-ethyl adjacent to an activating group) is 2. The second kappa shape index (κ2) is 6.91. The zero-order chi connectivity index (χ0) is 16.4. The Hall–Kier alpha value is -0.910. The number of likely N-dealkylation sites (tertiary alicyclic amines) is 2. The molecule has 1 amide bonds. The van der Waals surface area contributed by atoms with Gasteiger partial charge in [-0.15, -0.1) is 6.58 Å². The molecule has 3 aliphatic heterocycles. The first-order valence-electron chi connectivity index (χ1n) is 9.09. The van der Waals surface area contributed by atoms with E-state index in [-0.39, 0.29) is 11.6 Å². The standard InChI is InChI=1S/C18H32N4O/c1-4-9-21-10-5-6-16(21)17(23)22-11-7-18(8-12-22)15-19(2)13-14-20(18)3/h4,16H,1,5-15H2,2-3H3/t16-/m0/s1. The van der Waals surface area contributed by atoms with E-state index in [0.29, 0.717) is 5.91 Å². The Bertz CT molecular complexity index is 444. The average Bonchev–Trinajstić information content (AvgIpc) is 3.00. The molecule has 3 aliphatic rings. The van der Waals surface area contributed by atoms with Gasteiger partial charge in [0.25, 0.3) is 0 Å². The van der Waals surface area contributed by atoms with Gasteiger partial charge < -0.3 is 9.80 Å². The number of hydrogen-bond acceptors (Lipinski definition) is 4. The Morgan fingerprint density at radius 1 is 1.17 bits per heavy atom. The molecule has 3 heterocycles. The number of nitrogens with zero attached hydrogens (tertiary/aromatic N) is 4. The van der Waals surface area contributed by atoms with Crippen LogP contribution in [0.5, 0.6) is 0 Å². The maximum atomic E-state index is 12.9. The number of piperazine rings is 1. The minimum absolute atomic E-state index is 0.0915. The first-order valence-corrected chi connectivity index (χ1v) is 9.09. The minimum Gasteiger partial charge on any atom is -0.341 e. The summed E-state index contributed by atoms with van der Waals surface area (Å²) in [6.45, 7) is 10.9. The fraction of sp³-hybridized carbons (Fsp3) is 0.833. The fourth-order valence-electron chi connectivity index (χ4n) is 4.64. The SMILES string of the molecule is C=CCN1CCC[C@H]1C(=O)N1CCC2(CC1)CN(C)CCN2C. The zero-order valence-electron chi connectivity index (χ0n) is 14.8. The molecule has 0 unspecified atom stereocenters. The Morgan fingerprint density at radius 3 is 2.61 bits per heavy atom. The van der Waals surface area contributed by atoms with Crippen LogP contribution >= 0.6 is 0 Å². The lowest BCUT2D eigenvalue weighted by atomic mass is 9.83. The van der Waals surface area contributed by atoms with E-state index in [1.165, 1.54) is 0 Å². The number of carbonyl (C=O) groups is 1. The first kappa shape index (κ1) is 16.9. The highest BCUT2D eigenvalue weighted by molar-refractivity contribution is 5.82. The van der Waals surface area contributed by atoms with Gasteiger partial charge in [-0.3, -0.25) is 14.6 Å². The molecule has 0 aromatic heterocycles. The van der Waals surface area contributed by atoms with Crippen LogP contribution in [0.1, 0.15) is 25.7 Å². The Morgan fingerprint density at radius 2 is 1.91 bits per heavy atom. The molecular formula is C18H32N4O. The predicted octanol–water partition coefficient (Wildman–Crippen LogP) is 0.875. The first-order chi connectivity index (χ1) is 11.1. The summed E-state index contributed by atoms with van der Waals surface area (Å²) >= 11 is 0. The topological polar surface area (TPSA) is 30.0 Å². The largest absolute Gasteiger partial charge is 0.341 e. The Kier molecular flexibility index (Phi) is 5.09. The van der Waals surface area contributed by atoms with Gasteiger partial charge >= 0.3 is 0 Å². The van der Waals surface area contributed by atoms with Gasteiger partial charge in [0.05, 0.1) is 6.04 Å². The normalized spacial score (nSPS) is 30.0. The zero-order valence-corrected chi connectivity index (χ0v) is 14.8. The summed E-state index contributed by atoms with van der Waals surface area (Å²) in [5, 5.41) is 0. The maximum absolute atomic E-state index is 12.9. The molecule has 3 rings (SSSR count). The van der Waals surface area contributed by atoms with Crippen molar-refractivity contribution in [1.29, 1.82) is 0 Å². The molecule has 5 nitrogen and oxygen atoms in total. The third kappa shape index (κ3) is 3.32. The van der Waals surface area contributed by atoms with Crippen LogP contribution in [0.25, 0.3) is 0 Å². The highest BCUT2D eigenvalue weighted by Gasteiger charge is 2.43. The van der Waals surface area contributed by atoms with E-state index in [9.17, 15) is 4.79 Å². The summed E-state index contributed by atoms with van der Waals surface area (Å²) < 4.78 is 0. The van der Waals surface area contributed by atoms with E-state index in [1.54, 1.807) is 0 Å². The number of rotatable bonds is 3. The molecule has 0 aromatic rings. The number of carbonyl (C=O) groups excluding carboxylic acids is 1. The van der Waals surface area contributed by atoms with Crippen molar-refractivity contribution in [2.75, 3.05) is 59.9 Å². The number of hydrogen-bond donors (Lipinski definition) is 0. The molecule has 0 aliphatic carbocycles. The molecule has 130 valence electrons. The molecule has 0 radical (unpaired) electrons. The summed E-state index contributed by atoms with van der Waals surface area (Å²) in [4.78, 5) is 22.3. The number of amides is 1. The van der Waals surface area contributed by atoms with E-state index in [4.69, 9.17) is 0 Å². The highest BCUT2D eigenvalue weighted by Crippen LogP contribution is 2.32. The van der Waals surface area contributed by atoms with Gasteiger partial charge in [-0.25, -0.2) is 0 Å². The minimum atomic E-state index is 0.0915. The maximum Gasteiger partial charge on any atom is 0.239 e. The summed E-state index contributed by atoms with van der Waals surface area (Å²) in [6.07, 6.45) is 6.28. The highest BCUT2D eigenvalue weighted by atomic mass is 16.2. The molecule has 1 atom stereocenters. The van der Waals surface area contributed by atoms with Gasteiger partial charge in [-0.05, 0) is 46.3 Å². The van der Waals surface area contributed by atoms with Crippen LogP contribution < -0.4 is 0 Å². The van der Waals surface area contributed by atoms with Crippen molar-refractivity contribution in [2.24, 2.45) is 0 Å². The molecule has 1 spiro atoms. The molecule has 0 N–H and O–H groups in total. The van der Waals surface area contributed by atoms with E-state index in [1.807, 2.05) is 6.08 Å². The van der Waals surface area contributed by atoms with E-state index in [0.717, 1.165) is 71.5 Å². The van der Waals surface area contributed by atoms with Gasteiger partial charge in [-0.1, -0.05) is 6.08 Å². The summed E-state index contributed by atoms with van der Waals surface area (Å²) in [6, 6.07) is 0.0915. The number of piperidine rings is 1. The Balaban J connectivity index is 1.60. The van der Waals surface area contributed by atoms with Gasteiger partial charge in [0.15, 0.2) is 0 Å². The van der Waals surface area contributed by atoms with Crippen LogP contribution in [-0.2, 0) is 4.79 Å². The van der Waals surface area contributed by atoms with Gasteiger partial charge in [0.2, 0.25) is 5.91 Å². The lowest BCUT2D eigenvalue weighted by Crippen LogP contribution is -2.64. The van der Waals surface area contributed by atoms with Crippen molar-refractivity contribution in [3.8, 4) is 0 Å². The summed E-state index contributed by atoms with van der Waals surface area (Å²) in [5.74, 6) is 0.353. The van der Waals surface area contributed by atoms with Crippen molar-refractivity contribution in [2.45, 2.75) is 37.3 Å². The quantitative estimate of drug-likeness (QED) is 0.722. The van der Waals surface area contributed by atoms with Crippen molar-refractivity contribution in [3.63, 3.8) is 0 Å². The fourth-order valence-corrected chi connectivity index (χ4v) is 4.64. The van der Waals surface area contributed by atoms with E-state index < -0.39 is 0 Å². The van der Waals surface area contributed by atoms with Gasteiger partial charge in [0.1, 0.15) is 0 Å². The summed E-state index contributed by atoms with van der Waals surface area (Å²) in [7, 11) is 4.48. The van der Waals surface area contributed by atoms with Crippen LogP contribution in [0.2, 0.25) is 0 Å². The van der Waals surface area contributed by atoms with Gasteiger partial charge in [-0.2, -0.15) is 0 Å². The molecule has 3 fully saturated rings. The monoisotopic (exact) mass is 320 g/mol. The molecule has 5 heteroatoms. The van der Waals surface area contributed by atoms with Crippen LogP contribution in [0, 0.1) is 0 Å². The van der Waals surface area contributed by atoms with Crippen LogP contribution in [0.15, 0.2) is 12.7 Å². The average molecular weight is 320 g/mol. The molecular weight excluding hydrogens is 288 g/mol. The van der Waals surface area contributed by atoms with E-state index >= 15 is 0 Å². The van der Waals surface area contributed by atoms with Gasteiger partial charge in [0, 0.05) is 44.8 Å². The second-order valence-corrected chi connectivity index (χ2v) is 7.65. The second-order valence-electron chi connectivity index (χ2n) is 7.65. The van der Waals surface area contributed by atoms with Crippen molar-refractivity contribution < 1.29 is 4.79 Å². The molecule has 0 bridgehead atoms. The molecule has 23 heavy (non-hydrogen) atoms. The molecule has 0 aromatic carbocycles. The third-order valence-corrected chi connectivity index (χ3v) is 6.21. The molecule has 3 saturated heterocycles. The van der Waals surface area contributed by atoms with Crippen molar-refractivity contribution >= 4 is 5.91 Å². The van der Waals surface area contributed by atoms with Crippen molar-refractivity contribution in [1.82, 2.24) is 19.6 Å².